The highest BCUT2D eigenvalue weighted by Crippen LogP contribution is 2.55. The predicted octanol–water partition coefficient (Wildman–Crippen LogP) is 3.38. The molecule has 2 rings (SSSR count). The van der Waals surface area contributed by atoms with E-state index in [0.717, 1.165) is 24.3 Å². The molecule has 3 nitrogen and oxygen atoms in total. The smallest absolute Gasteiger partial charge is 0.126 e. The summed E-state index contributed by atoms with van der Waals surface area (Å²) in [5.74, 6) is 1.87. The SMILES string of the molecule is COc1cc(C(C)(C)C)c(OC)c(C2(C(C)N)CC2)c1. The van der Waals surface area contributed by atoms with Crippen LogP contribution in [0.15, 0.2) is 12.1 Å². The van der Waals surface area contributed by atoms with E-state index >= 15 is 0 Å². The van der Waals surface area contributed by atoms with Crippen molar-refractivity contribution < 1.29 is 9.47 Å². The molecule has 0 bridgehead atoms. The van der Waals surface area contributed by atoms with E-state index in [1.54, 1.807) is 14.2 Å². The third-order valence-corrected chi connectivity index (χ3v) is 4.51. The second kappa shape index (κ2) is 4.96. The van der Waals surface area contributed by atoms with Crippen LogP contribution < -0.4 is 15.2 Å². The van der Waals surface area contributed by atoms with Gasteiger partial charge >= 0.3 is 0 Å². The maximum Gasteiger partial charge on any atom is 0.126 e. The van der Waals surface area contributed by atoms with Crippen LogP contribution in [0.5, 0.6) is 11.5 Å². The van der Waals surface area contributed by atoms with Gasteiger partial charge in [-0.3, -0.25) is 0 Å². The molecule has 1 aromatic carbocycles. The minimum absolute atomic E-state index is 0.00253. The summed E-state index contributed by atoms with van der Waals surface area (Å²) in [6.45, 7) is 8.67. The van der Waals surface area contributed by atoms with E-state index in [2.05, 4.69) is 39.8 Å². The molecule has 1 saturated carbocycles. The average Bonchev–Trinajstić information content (AvgIpc) is 3.17. The van der Waals surface area contributed by atoms with E-state index in [0.29, 0.717) is 0 Å². The van der Waals surface area contributed by atoms with Crippen molar-refractivity contribution in [2.24, 2.45) is 5.73 Å². The summed E-state index contributed by atoms with van der Waals surface area (Å²) in [5, 5.41) is 0. The monoisotopic (exact) mass is 277 g/mol. The summed E-state index contributed by atoms with van der Waals surface area (Å²) in [7, 11) is 3.46. The molecule has 0 aliphatic heterocycles. The van der Waals surface area contributed by atoms with Gasteiger partial charge in [-0.2, -0.15) is 0 Å². The van der Waals surface area contributed by atoms with Crippen LogP contribution in [0, 0.1) is 0 Å². The lowest BCUT2D eigenvalue weighted by molar-refractivity contribution is 0.373. The van der Waals surface area contributed by atoms with Crippen LogP contribution in [-0.4, -0.2) is 20.3 Å². The Hall–Kier alpha value is -1.22. The number of rotatable bonds is 4. The Morgan fingerprint density at radius 1 is 1.15 bits per heavy atom. The minimum Gasteiger partial charge on any atom is -0.497 e. The van der Waals surface area contributed by atoms with Crippen molar-refractivity contribution in [3.8, 4) is 11.5 Å². The summed E-state index contributed by atoms with van der Waals surface area (Å²) in [6, 6.07) is 4.31. The van der Waals surface area contributed by atoms with Crippen molar-refractivity contribution in [1.29, 1.82) is 0 Å². The van der Waals surface area contributed by atoms with Crippen LogP contribution in [0.4, 0.5) is 0 Å². The van der Waals surface area contributed by atoms with Gasteiger partial charge in [-0.15, -0.1) is 0 Å². The average molecular weight is 277 g/mol. The molecular weight excluding hydrogens is 250 g/mol. The molecule has 0 saturated heterocycles. The van der Waals surface area contributed by atoms with E-state index in [4.69, 9.17) is 15.2 Å². The van der Waals surface area contributed by atoms with Gasteiger partial charge in [-0.1, -0.05) is 20.8 Å². The highest BCUT2D eigenvalue weighted by Gasteiger charge is 2.50. The summed E-state index contributed by atoms with van der Waals surface area (Å²) in [4.78, 5) is 0. The van der Waals surface area contributed by atoms with Crippen LogP contribution in [0.3, 0.4) is 0 Å². The maximum absolute atomic E-state index is 6.24. The van der Waals surface area contributed by atoms with E-state index in [1.165, 1.54) is 11.1 Å². The lowest BCUT2D eigenvalue weighted by Crippen LogP contribution is -2.32. The first-order valence-electron chi connectivity index (χ1n) is 7.29. The number of hydrogen-bond donors (Lipinski definition) is 1. The first kappa shape index (κ1) is 15.2. The predicted molar refractivity (Wildman–Crippen MR) is 82.8 cm³/mol. The second-order valence-electron chi connectivity index (χ2n) is 6.95. The fraction of sp³-hybridized carbons (Fsp3) is 0.647. The molecule has 20 heavy (non-hydrogen) atoms. The second-order valence-corrected chi connectivity index (χ2v) is 6.95. The van der Waals surface area contributed by atoms with E-state index in [1.807, 2.05) is 0 Å². The number of methoxy groups -OCH3 is 2. The zero-order chi connectivity index (χ0) is 15.1. The third kappa shape index (κ3) is 2.39. The molecule has 0 amide bonds. The Morgan fingerprint density at radius 2 is 1.75 bits per heavy atom. The molecular formula is C17H27NO2. The van der Waals surface area contributed by atoms with Gasteiger partial charge in [0.15, 0.2) is 0 Å². The van der Waals surface area contributed by atoms with Gasteiger partial charge in [-0.25, -0.2) is 0 Å². The van der Waals surface area contributed by atoms with Gasteiger partial charge in [0.1, 0.15) is 11.5 Å². The Balaban J connectivity index is 2.67. The van der Waals surface area contributed by atoms with Gasteiger partial charge < -0.3 is 15.2 Å². The van der Waals surface area contributed by atoms with Crippen molar-refractivity contribution in [2.75, 3.05) is 14.2 Å². The highest BCUT2D eigenvalue weighted by atomic mass is 16.5. The van der Waals surface area contributed by atoms with Gasteiger partial charge in [0, 0.05) is 22.6 Å². The molecule has 1 fully saturated rings. The molecule has 0 aromatic heterocycles. The van der Waals surface area contributed by atoms with E-state index in [-0.39, 0.29) is 16.9 Å². The van der Waals surface area contributed by atoms with Crippen molar-refractivity contribution in [1.82, 2.24) is 0 Å². The van der Waals surface area contributed by atoms with Crippen molar-refractivity contribution in [3.63, 3.8) is 0 Å². The Kier molecular flexibility index (Phi) is 3.76. The van der Waals surface area contributed by atoms with Crippen molar-refractivity contribution in [3.05, 3.63) is 23.3 Å². The lowest BCUT2D eigenvalue weighted by Gasteiger charge is -2.29. The van der Waals surface area contributed by atoms with E-state index < -0.39 is 0 Å². The molecule has 1 aromatic rings. The zero-order valence-electron chi connectivity index (χ0n) is 13.5. The molecule has 112 valence electrons. The quantitative estimate of drug-likeness (QED) is 0.917. The molecule has 1 aliphatic rings. The Bertz CT molecular complexity index is 496. The fourth-order valence-electron chi connectivity index (χ4n) is 2.97. The summed E-state index contributed by atoms with van der Waals surface area (Å²) >= 11 is 0. The summed E-state index contributed by atoms with van der Waals surface area (Å²) in [5.41, 5.74) is 8.69. The van der Waals surface area contributed by atoms with Crippen LogP contribution in [0.2, 0.25) is 0 Å². The number of benzene rings is 1. The standard InChI is InChI=1S/C17H27NO2/c1-11(18)17(7-8-17)14-10-12(19-5)9-13(15(14)20-6)16(2,3)4/h9-11H,7-8,18H2,1-6H3. The third-order valence-electron chi connectivity index (χ3n) is 4.51. The first-order valence-corrected chi connectivity index (χ1v) is 7.29. The molecule has 1 aliphatic carbocycles. The molecule has 2 N–H and O–H groups in total. The fourth-order valence-corrected chi connectivity index (χ4v) is 2.97. The Labute approximate surface area is 122 Å². The molecule has 0 radical (unpaired) electrons. The van der Waals surface area contributed by atoms with Crippen LogP contribution in [0.25, 0.3) is 0 Å². The molecule has 1 unspecified atom stereocenters. The number of ether oxygens (including phenoxy) is 2. The summed E-state index contributed by atoms with van der Waals surface area (Å²) < 4.78 is 11.3. The maximum atomic E-state index is 6.24. The van der Waals surface area contributed by atoms with E-state index in [9.17, 15) is 0 Å². The van der Waals surface area contributed by atoms with Crippen LogP contribution in [-0.2, 0) is 10.8 Å². The zero-order valence-corrected chi connectivity index (χ0v) is 13.5. The highest BCUT2D eigenvalue weighted by molar-refractivity contribution is 5.55. The molecule has 0 spiro atoms. The minimum atomic E-state index is 0.00253. The summed E-state index contributed by atoms with van der Waals surface area (Å²) in [6.07, 6.45) is 2.25. The van der Waals surface area contributed by atoms with Crippen LogP contribution >= 0.6 is 0 Å². The Morgan fingerprint density at radius 3 is 2.10 bits per heavy atom. The van der Waals surface area contributed by atoms with Gasteiger partial charge in [0.05, 0.1) is 14.2 Å². The molecule has 3 heteroatoms. The van der Waals surface area contributed by atoms with Gasteiger partial charge in [-0.05, 0) is 37.3 Å². The molecule has 0 heterocycles. The van der Waals surface area contributed by atoms with Crippen molar-refractivity contribution in [2.45, 2.75) is 57.4 Å². The topological polar surface area (TPSA) is 44.5 Å². The van der Waals surface area contributed by atoms with Gasteiger partial charge in [0.2, 0.25) is 0 Å². The van der Waals surface area contributed by atoms with Gasteiger partial charge in [0.25, 0.3) is 0 Å². The van der Waals surface area contributed by atoms with Crippen molar-refractivity contribution >= 4 is 0 Å². The largest absolute Gasteiger partial charge is 0.497 e. The lowest BCUT2D eigenvalue weighted by atomic mass is 9.80. The number of nitrogens with two attached hydrogens (primary N) is 1. The number of hydrogen-bond acceptors (Lipinski definition) is 3. The molecule has 1 atom stereocenters. The van der Waals surface area contributed by atoms with Crippen LogP contribution in [0.1, 0.15) is 51.7 Å². The normalized spacial score (nSPS) is 18.6. The first-order chi connectivity index (χ1) is 9.26.